The highest BCUT2D eigenvalue weighted by Gasteiger charge is 2.29. The van der Waals surface area contributed by atoms with Crippen LogP contribution in [0.25, 0.3) is 6.08 Å². The number of amides is 1. The molecule has 0 bridgehead atoms. The Labute approximate surface area is 180 Å². The number of hydrogen-bond donors (Lipinski definition) is 1. The lowest BCUT2D eigenvalue weighted by molar-refractivity contribution is -0.139. The first-order valence-electron chi connectivity index (χ1n) is 9.65. The number of thiazole rings is 1. The van der Waals surface area contributed by atoms with Crippen LogP contribution in [0.5, 0.6) is 5.75 Å². The summed E-state index contributed by atoms with van der Waals surface area (Å²) < 4.78 is 5.19. The summed E-state index contributed by atoms with van der Waals surface area (Å²) in [7, 11) is 0. The molecular weight excluding hydrogens is 402 g/mol. The molecule has 1 amide bonds. The van der Waals surface area contributed by atoms with Gasteiger partial charge in [0.15, 0.2) is 6.61 Å². The lowest BCUT2D eigenvalue weighted by Gasteiger charge is -2.35. The van der Waals surface area contributed by atoms with Gasteiger partial charge in [0.25, 0.3) is 5.91 Å². The van der Waals surface area contributed by atoms with Gasteiger partial charge < -0.3 is 14.7 Å². The predicted octanol–water partition coefficient (Wildman–Crippen LogP) is 4.29. The maximum Gasteiger partial charge on any atom is 0.341 e. The Morgan fingerprint density at radius 3 is 2.53 bits per heavy atom. The Bertz CT molecular complexity index is 915. The van der Waals surface area contributed by atoms with Gasteiger partial charge in [0.05, 0.1) is 6.04 Å². The van der Waals surface area contributed by atoms with E-state index < -0.39 is 12.6 Å². The molecule has 2 aromatic rings. The Morgan fingerprint density at radius 2 is 2.03 bits per heavy atom. The van der Waals surface area contributed by atoms with Gasteiger partial charge in [0, 0.05) is 17.6 Å². The number of rotatable bonds is 10. The van der Waals surface area contributed by atoms with E-state index in [2.05, 4.69) is 4.98 Å². The highest BCUT2D eigenvalue weighted by Crippen LogP contribution is 2.31. The van der Waals surface area contributed by atoms with Gasteiger partial charge >= 0.3 is 5.97 Å². The number of benzene rings is 1. The average molecular weight is 428 g/mol. The van der Waals surface area contributed by atoms with Gasteiger partial charge in [-0.2, -0.15) is 5.26 Å². The van der Waals surface area contributed by atoms with Crippen LogP contribution < -0.4 is 4.74 Å². The van der Waals surface area contributed by atoms with Crippen molar-refractivity contribution in [2.75, 3.05) is 6.61 Å². The highest BCUT2D eigenvalue weighted by atomic mass is 32.1. The molecule has 8 heteroatoms. The van der Waals surface area contributed by atoms with Crippen LogP contribution in [-0.2, 0) is 9.59 Å². The topological polar surface area (TPSA) is 104 Å². The summed E-state index contributed by atoms with van der Waals surface area (Å²) in [5.41, 5.74) is 0.939. The van der Waals surface area contributed by atoms with Crippen LogP contribution in [-0.4, -0.2) is 39.5 Å². The van der Waals surface area contributed by atoms with Crippen molar-refractivity contribution in [2.45, 2.75) is 45.7 Å². The summed E-state index contributed by atoms with van der Waals surface area (Å²) in [4.78, 5) is 29.8. The summed E-state index contributed by atoms with van der Waals surface area (Å²) in [6.45, 7) is 5.46. The molecule has 0 saturated heterocycles. The summed E-state index contributed by atoms with van der Waals surface area (Å²) in [5, 5.41) is 20.7. The van der Waals surface area contributed by atoms with Gasteiger partial charge in [-0.25, -0.2) is 9.78 Å². The molecule has 0 radical (unpaired) electrons. The molecule has 0 saturated carbocycles. The molecule has 1 heterocycles. The molecule has 0 spiro atoms. The van der Waals surface area contributed by atoms with Gasteiger partial charge in [-0.3, -0.25) is 4.79 Å². The van der Waals surface area contributed by atoms with Crippen LogP contribution >= 0.6 is 11.3 Å². The normalized spacial score (nSPS) is 12.3. The summed E-state index contributed by atoms with van der Waals surface area (Å²) in [6, 6.07) is 8.70. The summed E-state index contributed by atoms with van der Waals surface area (Å²) >= 11 is 1.36. The molecular formula is C22H25N3O4S. The third-order valence-electron chi connectivity index (χ3n) is 4.39. The molecule has 0 aliphatic heterocycles. The van der Waals surface area contributed by atoms with Crippen molar-refractivity contribution < 1.29 is 19.4 Å². The maximum absolute atomic E-state index is 13.3. The van der Waals surface area contributed by atoms with Crippen molar-refractivity contribution in [1.29, 1.82) is 5.26 Å². The third kappa shape index (κ3) is 6.16. The van der Waals surface area contributed by atoms with E-state index in [1.165, 1.54) is 17.4 Å². The first kappa shape index (κ1) is 23.1. The molecule has 1 aromatic heterocycles. The number of carbonyl (C=O) groups excluding carboxylic acids is 1. The van der Waals surface area contributed by atoms with E-state index in [1.54, 1.807) is 28.6 Å². The van der Waals surface area contributed by atoms with Crippen LogP contribution in [0.4, 0.5) is 0 Å². The van der Waals surface area contributed by atoms with Crippen LogP contribution in [0.3, 0.4) is 0 Å². The summed E-state index contributed by atoms with van der Waals surface area (Å²) in [5.74, 6) is -0.942. The molecule has 0 fully saturated rings. The molecule has 1 unspecified atom stereocenters. The van der Waals surface area contributed by atoms with Crippen LogP contribution in [0.2, 0.25) is 0 Å². The highest BCUT2D eigenvalue weighted by molar-refractivity contribution is 7.10. The zero-order chi connectivity index (χ0) is 22.1. The largest absolute Gasteiger partial charge is 0.482 e. The van der Waals surface area contributed by atoms with E-state index >= 15 is 0 Å². The minimum Gasteiger partial charge on any atom is -0.482 e. The molecule has 0 aliphatic rings. The number of hydrogen-bond acceptors (Lipinski definition) is 6. The number of ether oxygens (including phenoxy) is 1. The Morgan fingerprint density at radius 1 is 1.33 bits per heavy atom. The third-order valence-corrected chi connectivity index (χ3v) is 5.11. The molecule has 1 atom stereocenters. The molecule has 7 nitrogen and oxygen atoms in total. The van der Waals surface area contributed by atoms with Gasteiger partial charge in [-0.1, -0.05) is 25.5 Å². The fraction of sp³-hybridized carbons (Fsp3) is 0.364. The first-order valence-corrected chi connectivity index (χ1v) is 10.5. The van der Waals surface area contributed by atoms with E-state index in [0.29, 0.717) is 10.8 Å². The van der Waals surface area contributed by atoms with Crippen molar-refractivity contribution >= 4 is 29.3 Å². The molecule has 1 aromatic carbocycles. The zero-order valence-corrected chi connectivity index (χ0v) is 18.1. The summed E-state index contributed by atoms with van der Waals surface area (Å²) in [6.07, 6.45) is 4.71. The van der Waals surface area contributed by atoms with Gasteiger partial charge in [0.1, 0.15) is 22.4 Å². The molecule has 0 aliphatic carbocycles. The van der Waals surface area contributed by atoms with Crippen LogP contribution in [0.15, 0.2) is 41.4 Å². The quantitative estimate of drug-likeness (QED) is 0.448. The van der Waals surface area contributed by atoms with E-state index in [9.17, 15) is 14.9 Å². The smallest absolute Gasteiger partial charge is 0.341 e. The van der Waals surface area contributed by atoms with E-state index in [4.69, 9.17) is 9.84 Å². The monoisotopic (exact) mass is 427 g/mol. The van der Waals surface area contributed by atoms with Crippen molar-refractivity contribution in [1.82, 2.24) is 9.88 Å². The van der Waals surface area contributed by atoms with Gasteiger partial charge in [-0.05, 0) is 44.0 Å². The predicted molar refractivity (Wildman–Crippen MR) is 115 cm³/mol. The lowest BCUT2D eigenvalue weighted by Crippen LogP contribution is -2.40. The minimum absolute atomic E-state index is 0.0427. The number of carbonyl (C=O) groups is 2. The minimum atomic E-state index is -1.05. The fourth-order valence-corrected chi connectivity index (χ4v) is 3.69. The first-order chi connectivity index (χ1) is 14.4. The Hall–Kier alpha value is -3.18. The number of nitriles is 1. The van der Waals surface area contributed by atoms with E-state index in [1.807, 2.05) is 39.0 Å². The average Bonchev–Trinajstić information content (AvgIpc) is 3.23. The van der Waals surface area contributed by atoms with Crippen molar-refractivity contribution in [3.05, 3.63) is 52.0 Å². The molecule has 2 rings (SSSR count). The van der Waals surface area contributed by atoms with Gasteiger partial charge in [0.2, 0.25) is 0 Å². The van der Waals surface area contributed by atoms with Crippen LogP contribution in [0.1, 0.15) is 50.2 Å². The van der Waals surface area contributed by atoms with Crippen LogP contribution in [0, 0.1) is 11.3 Å². The number of aliphatic carboxylic acids is 1. The molecule has 158 valence electrons. The second-order valence-electron chi connectivity index (χ2n) is 6.90. The Kier molecular flexibility index (Phi) is 8.56. The Balaban J connectivity index is 2.34. The van der Waals surface area contributed by atoms with E-state index in [-0.39, 0.29) is 23.6 Å². The second kappa shape index (κ2) is 11.1. The number of aromatic nitrogens is 1. The molecule has 30 heavy (non-hydrogen) atoms. The number of nitrogens with zero attached hydrogens (tertiary/aromatic N) is 3. The fourth-order valence-electron chi connectivity index (χ4n) is 3.12. The van der Waals surface area contributed by atoms with Crippen molar-refractivity contribution in [2.24, 2.45) is 0 Å². The number of carboxylic acid groups (broad SMARTS) is 1. The molecule has 1 N–H and O–H groups in total. The second-order valence-corrected chi connectivity index (χ2v) is 7.83. The zero-order valence-electron chi connectivity index (χ0n) is 17.2. The van der Waals surface area contributed by atoms with Crippen molar-refractivity contribution in [3.63, 3.8) is 0 Å². The SMILES string of the molecule is CCCC(c1ccc(OCC(=O)O)cc1)N(C(=O)/C(C#N)=C/c1nccs1)C(C)C. The maximum atomic E-state index is 13.3. The lowest BCUT2D eigenvalue weighted by atomic mass is 9.98. The number of carboxylic acids is 1. The van der Waals surface area contributed by atoms with Crippen molar-refractivity contribution in [3.8, 4) is 11.8 Å². The standard InChI is InChI=1S/C22H25N3O4S/c1-4-5-19(16-6-8-18(9-7-16)29-14-21(26)27)25(15(2)3)22(28)17(13-23)12-20-24-10-11-30-20/h6-12,15,19H,4-5,14H2,1-3H3,(H,26,27)/b17-12+. The van der Waals surface area contributed by atoms with Gasteiger partial charge in [-0.15, -0.1) is 11.3 Å². The van der Waals surface area contributed by atoms with E-state index in [0.717, 1.165) is 18.4 Å².